The lowest BCUT2D eigenvalue weighted by atomic mass is 9.96. The third kappa shape index (κ3) is 2.82. The minimum absolute atomic E-state index is 0.0316. The van der Waals surface area contributed by atoms with E-state index in [0.29, 0.717) is 0 Å². The van der Waals surface area contributed by atoms with Gasteiger partial charge < -0.3 is 5.32 Å². The lowest BCUT2D eigenvalue weighted by Crippen LogP contribution is -2.24. The molecule has 0 spiro atoms. The van der Waals surface area contributed by atoms with Crippen molar-refractivity contribution in [2.45, 2.75) is 26.2 Å². The van der Waals surface area contributed by atoms with Gasteiger partial charge in [0.1, 0.15) is 0 Å². The minimum atomic E-state index is 0.0316. The molecule has 0 fully saturated rings. The number of unbranched alkanes of at least 4 members (excludes halogenated alkanes) is 2. The Morgan fingerprint density at radius 1 is 0.909 bits per heavy atom. The number of benzene rings is 3. The van der Waals surface area contributed by atoms with E-state index in [0.717, 1.165) is 52.9 Å². The van der Waals surface area contributed by atoms with E-state index in [1.165, 1.54) is 0 Å². The molecular weight excluding hydrogens is 270 g/mol. The standard InChI is InChI=1S/C20H21NO/c1-2-3-8-13-21-20(22)19-17-11-6-4-9-15(17)14-16-10-5-7-12-18(16)19/h4-7,9-12,14H,2-3,8,13H2,1H3,(H,21,22). The molecule has 0 unspecified atom stereocenters. The molecule has 3 rings (SSSR count). The summed E-state index contributed by atoms with van der Waals surface area (Å²) < 4.78 is 0. The molecule has 112 valence electrons. The number of fused-ring (bicyclic) bond motifs is 2. The summed E-state index contributed by atoms with van der Waals surface area (Å²) in [7, 11) is 0. The second-order valence-corrected chi connectivity index (χ2v) is 5.66. The number of nitrogens with one attached hydrogen (secondary N) is 1. The Morgan fingerprint density at radius 3 is 2.09 bits per heavy atom. The summed E-state index contributed by atoms with van der Waals surface area (Å²) in [5.74, 6) is 0.0316. The van der Waals surface area contributed by atoms with Crippen LogP contribution in [-0.4, -0.2) is 12.5 Å². The van der Waals surface area contributed by atoms with Crippen LogP contribution in [0.25, 0.3) is 21.5 Å². The first-order valence-corrected chi connectivity index (χ1v) is 8.00. The van der Waals surface area contributed by atoms with Gasteiger partial charge in [-0.3, -0.25) is 4.79 Å². The van der Waals surface area contributed by atoms with Gasteiger partial charge in [-0.1, -0.05) is 68.3 Å². The van der Waals surface area contributed by atoms with Gasteiger partial charge in [-0.2, -0.15) is 0 Å². The second-order valence-electron chi connectivity index (χ2n) is 5.66. The van der Waals surface area contributed by atoms with E-state index in [4.69, 9.17) is 0 Å². The summed E-state index contributed by atoms with van der Waals surface area (Å²) in [6.07, 6.45) is 3.34. The highest BCUT2D eigenvalue weighted by Gasteiger charge is 2.14. The molecule has 2 nitrogen and oxygen atoms in total. The van der Waals surface area contributed by atoms with Crippen molar-refractivity contribution in [3.05, 3.63) is 60.2 Å². The highest BCUT2D eigenvalue weighted by Crippen LogP contribution is 2.28. The lowest BCUT2D eigenvalue weighted by molar-refractivity contribution is 0.0956. The largest absolute Gasteiger partial charge is 0.352 e. The van der Waals surface area contributed by atoms with Crippen molar-refractivity contribution in [1.29, 1.82) is 0 Å². The molecule has 3 aromatic rings. The van der Waals surface area contributed by atoms with Crippen LogP contribution >= 0.6 is 0 Å². The molecule has 0 atom stereocenters. The van der Waals surface area contributed by atoms with E-state index in [-0.39, 0.29) is 5.91 Å². The predicted octanol–water partition coefficient (Wildman–Crippen LogP) is 4.91. The van der Waals surface area contributed by atoms with Gasteiger partial charge in [-0.05, 0) is 34.0 Å². The van der Waals surface area contributed by atoms with Crippen LogP contribution < -0.4 is 5.32 Å². The van der Waals surface area contributed by atoms with Crippen LogP contribution in [0.5, 0.6) is 0 Å². The van der Waals surface area contributed by atoms with Crippen molar-refractivity contribution in [3.63, 3.8) is 0 Å². The van der Waals surface area contributed by atoms with Gasteiger partial charge in [0.25, 0.3) is 5.91 Å². The molecule has 0 radical (unpaired) electrons. The fourth-order valence-corrected chi connectivity index (χ4v) is 2.92. The lowest BCUT2D eigenvalue weighted by Gasteiger charge is -2.12. The molecule has 0 saturated carbocycles. The molecule has 0 heterocycles. The molecule has 22 heavy (non-hydrogen) atoms. The molecule has 0 saturated heterocycles. The third-order valence-corrected chi connectivity index (χ3v) is 4.06. The summed E-state index contributed by atoms with van der Waals surface area (Å²) >= 11 is 0. The van der Waals surface area contributed by atoms with E-state index in [9.17, 15) is 4.79 Å². The Balaban J connectivity index is 2.06. The molecule has 0 aromatic heterocycles. The van der Waals surface area contributed by atoms with Crippen LogP contribution in [0, 0.1) is 0 Å². The quantitative estimate of drug-likeness (QED) is 0.525. The van der Waals surface area contributed by atoms with E-state index in [1.54, 1.807) is 0 Å². The zero-order chi connectivity index (χ0) is 15.4. The average Bonchev–Trinajstić information content (AvgIpc) is 2.56. The molecule has 0 bridgehead atoms. The molecule has 0 aliphatic heterocycles. The Kier molecular flexibility index (Phi) is 4.38. The second kappa shape index (κ2) is 6.61. The first-order valence-electron chi connectivity index (χ1n) is 8.00. The molecular formula is C20H21NO. The summed E-state index contributed by atoms with van der Waals surface area (Å²) in [5.41, 5.74) is 0.796. The van der Waals surface area contributed by atoms with Gasteiger partial charge in [-0.25, -0.2) is 0 Å². The molecule has 1 amide bonds. The summed E-state index contributed by atoms with van der Waals surface area (Å²) in [6.45, 7) is 2.91. The molecule has 3 aromatic carbocycles. The van der Waals surface area contributed by atoms with Crippen molar-refractivity contribution in [1.82, 2.24) is 5.32 Å². The summed E-state index contributed by atoms with van der Waals surface area (Å²) in [6, 6.07) is 18.4. The smallest absolute Gasteiger partial charge is 0.252 e. The number of carbonyl (C=O) groups is 1. The maximum atomic E-state index is 12.7. The predicted molar refractivity (Wildman–Crippen MR) is 93.3 cm³/mol. The number of hydrogen-bond donors (Lipinski definition) is 1. The van der Waals surface area contributed by atoms with Crippen molar-refractivity contribution < 1.29 is 4.79 Å². The zero-order valence-electron chi connectivity index (χ0n) is 12.9. The fourth-order valence-electron chi connectivity index (χ4n) is 2.92. The Labute approximate surface area is 131 Å². The van der Waals surface area contributed by atoms with Gasteiger partial charge in [-0.15, -0.1) is 0 Å². The Morgan fingerprint density at radius 2 is 1.50 bits per heavy atom. The highest BCUT2D eigenvalue weighted by molar-refractivity contribution is 6.18. The van der Waals surface area contributed by atoms with Crippen molar-refractivity contribution in [2.75, 3.05) is 6.54 Å². The topological polar surface area (TPSA) is 29.1 Å². The minimum Gasteiger partial charge on any atom is -0.352 e. The van der Waals surface area contributed by atoms with Crippen LogP contribution in [-0.2, 0) is 0 Å². The SMILES string of the molecule is CCCCCNC(=O)c1c2ccccc2cc2ccccc12. The number of rotatable bonds is 5. The van der Waals surface area contributed by atoms with E-state index in [2.05, 4.69) is 30.4 Å². The van der Waals surface area contributed by atoms with Crippen LogP contribution in [0.3, 0.4) is 0 Å². The first kappa shape index (κ1) is 14.6. The van der Waals surface area contributed by atoms with Gasteiger partial charge in [0.2, 0.25) is 0 Å². The molecule has 0 aliphatic rings. The highest BCUT2D eigenvalue weighted by atomic mass is 16.1. The van der Waals surface area contributed by atoms with Gasteiger partial charge in [0.05, 0.1) is 5.56 Å². The van der Waals surface area contributed by atoms with Crippen LogP contribution in [0.2, 0.25) is 0 Å². The van der Waals surface area contributed by atoms with Crippen LogP contribution in [0.1, 0.15) is 36.5 Å². The average molecular weight is 291 g/mol. The van der Waals surface area contributed by atoms with Gasteiger partial charge >= 0.3 is 0 Å². The summed E-state index contributed by atoms with van der Waals surface area (Å²) in [4.78, 5) is 12.7. The number of amides is 1. The van der Waals surface area contributed by atoms with E-state index in [1.807, 2.05) is 36.4 Å². The van der Waals surface area contributed by atoms with Gasteiger partial charge in [0.15, 0.2) is 0 Å². The van der Waals surface area contributed by atoms with Gasteiger partial charge in [0, 0.05) is 6.54 Å². The monoisotopic (exact) mass is 291 g/mol. The van der Waals surface area contributed by atoms with Crippen LogP contribution in [0.4, 0.5) is 0 Å². The van der Waals surface area contributed by atoms with Crippen molar-refractivity contribution >= 4 is 27.5 Å². The van der Waals surface area contributed by atoms with E-state index >= 15 is 0 Å². The molecule has 2 heteroatoms. The summed E-state index contributed by atoms with van der Waals surface area (Å²) in [5, 5.41) is 7.35. The zero-order valence-corrected chi connectivity index (χ0v) is 12.9. The Hall–Kier alpha value is -2.35. The van der Waals surface area contributed by atoms with Crippen molar-refractivity contribution in [2.24, 2.45) is 0 Å². The molecule has 1 N–H and O–H groups in total. The van der Waals surface area contributed by atoms with E-state index < -0.39 is 0 Å². The third-order valence-electron chi connectivity index (χ3n) is 4.06. The maximum Gasteiger partial charge on any atom is 0.252 e. The molecule has 0 aliphatic carbocycles. The number of carbonyl (C=O) groups excluding carboxylic acids is 1. The normalized spacial score (nSPS) is 11.0. The fraction of sp³-hybridized carbons (Fsp3) is 0.250. The maximum absolute atomic E-state index is 12.7. The Bertz CT molecular complexity index is 753. The first-order chi connectivity index (χ1) is 10.8. The van der Waals surface area contributed by atoms with Crippen molar-refractivity contribution in [3.8, 4) is 0 Å². The van der Waals surface area contributed by atoms with Crippen LogP contribution in [0.15, 0.2) is 54.6 Å². The number of hydrogen-bond acceptors (Lipinski definition) is 1.